The van der Waals surface area contributed by atoms with Gasteiger partial charge in [0.15, 0.2) is 5.78 Å². The predicted octanol–water partition coefficient (Wildman–Crippen LogP) is 2.17. The van der Waals surface area contributed by atoms with Gasteiger partial charge in [0.05, 0.1) is 6.54 Å². The number of carbonyl (C=O) groups is 1. The Labute approximate surface area is 118 Å². The van der Waals surface area contributed by atoms with Crippen molar-refractivity contribution in [1.29, 1.82) is 0 Å². The van der Waals surface area contributed by atoms with Crippen LogP contribution in [-0.2, 0) is 0 Å². The number of halogens is 2. The molecule has 0 atom stereocenters. The summed E-state index contributed by atoms with van der Waals surface area (Å²) in [5.74, 6) is 0.867. The molecule has 2 aromatic rings. The lowest BCUT2D eigenvalue weighted by atomic mass is 10.1. The van der Waals surface area contributed by atoms with Crippen molar-refractivity contribution >= 4 is 30.6 Å². The molecule has 4 nitrogen and oxygen atoms in total. The lowest BCUT2D eigenvalue weighted by Crippen LogP contribution is -2.13. The Morgan fingerprint density at radius 3 is 2.33 bits per heavy atom. The molecular weight excluding hydrogens is 273 g/mol. The highest BCUT2D eigenvalue weighted by Crippen LogP contribution is 2.11. The molecule has 0 saturated heterocycles. The zero-order valence-electron chi connectivity index (χ0n) is 9.87. The topological polar surface area (TPSA) is 60.9 Å². The molecule has 2 N–H and O–H groups in total. The molecule has 0 amide bonds. The molecule has 0 saturated carbocycles. The highest BCUT2D eigenvalue weighted by molar-refractivity contribution is 5.97. The zero-order chi connectivity index (χ0) is 11.5. The van der Waals surface area contributed by atoms with Crippen molar-refractivity contribution in [3.8, 4) is 5.69 Å². The molecule has 6 heteroatoms. The van der Waals surface area contributed by atoms with Gasteiger partial charge in [0.25, 0.3) is 0 Å². The third-order valence-corrected chi connectivity index (χ3v) is 2.48. The van der Waals surface area contributed by atoms with E-state index < -0.39 is 0 Å². The van der Waals surface area contributed by atoms with Gasteiger partial charge in [0, 0.05) is 23.6 Å². The average Bonchev–Trinajstić information content (AvgIpc) is 2.75. The van der Waals surface area contributed by atoms with Crippen LogP contribution in [0.3, 0.4) is 0 Å². The summed E-state index contributed by atoms with van der Waals surface area (Å²) >= 11 is 0. The summed E-state index contributed by atoms with van der Waals surface area (Å²) in [7, 11) is 0. The van der Waals surface area contributed by atoms with Crippen LogP contribution >= 0.6 is 24.8 Å². The van der Waals surface area contributed by atoms with Crippen LogP contribution in [-0.4, -0.2) is 21.9 Å². The number of imidazole rings is 1. The molecule has 1 aromatic carbocycles. The van der Waals surface area contributed by atoms with Gasteiger partial charge in [-0.3, -0.25) is 4.79 Å². The first-order valence-electron chi connectivity index (χ1n) is 5.06. The number of hydrogen-bond donors (Lipinski definition) is 1. The summed E-state index contributed by atoms with van der Waals surface area (Å²) in [6.07, 6.45) is 3.63. The van der Waals surface area contributed by atoms with E-state index in [9.17, 15) is 4.79 Å². The van der Waals surface area contributed by atoms with Crippen LogP contribution in [0.4, 0.5) is 0 Å². The van der Waals surface area contributed by atoms with Crippen LogP contribution in [0, 0.1) is 6.92 Å². The summed E-state index contributed by atoms with van der Waals surface area (Å²) in [6.45, 7) is 1.97. The third kappa shape index (κ3) is 3.32. The quantitative estimate of drug-likeness (QED) is 0.880. The van der Waals surface area contributed by atoms with Gasteiger partial charge < -0.3 is 10.3 Å². The fraction of sp³-hybridized carbons (Fsp3) is 0.167. The van der Waals surface area contributed by atoms with Crippen LogP contribution in [0.1, 0.15) is 16.2 Å². The highest BCUT2D eigenvalue weighted by atomic mass is 35.5. The molecule has 0 spiro atoms. The van der Waals surface area contributed by atoms with Crippen LogP contribution < -0.4 is 5.73 Å². The molecule has 0 aliphatic rings. The number of Topliss-reactive ketones (excluding diaryl/α,β-unsaturated/α-hetero) is 1. The van der Waals surface area contributed by atoms with Gasteiger partial charge in [-0.2, -0.15) is 0 Å². The molecule has 0 unspecified atom stereocenters. The lowest BCUT2D eigenvalue weighted by molar-refractivity contribution is 0.100. The van der Waals surface area contributed by atoms with Gasteiger partial charge in [-0.05, 0) is 31.2 Å². The Balaban J connectivity index is 0.00000144. The van der Waals surface area contributed by atoms with E-state index in [0.717, 1.165) is 11.5 Å². The normalized spacial score (nSPS) is 9.22. The van der Waals surface area contributed by atoms with Crippen LogP contribution in [0.5, 0.6) is 0 Å². The number of benzene rings is 1. The maximum atomic E-state index is 11.3. The first kappa shape index (κ1) is 16.6. The molecular formula is C12H15Cl2N3O. The number of nitrogens with two attached hydrogens (primary N) is 1. The van der Waals surface area contributed by atoms with Gasteiger partial charge in [-0.15, -0.1) is 24.8 Å². The first-order valence-corrected chi connectivity index (χ1v) is 5.06. The van der Waals surface area contributed by atoms with Crippen molar-refractivity contribution in [3.05, 3.63) is 48.0 Å². The third-order valence-electron chi connectivity index (χ3n) is 2.48. The largest absolute Gasteiger partial charge is 0.324 e. The van der Waals surface area contributed by atoms with E-state index in [1.807, 2.05) is 29.8 Å². The summed E-state index contributed by atoms with van der Waals surface area (Å²) < 4.78 is 1.96. The number of hydrogen-bond acceptors (Lipinski definition) is 3. The second kappa shape index (κ2) is 7.16. The van der Waals surface area contributed by atoms with E-state index in [4.69, 9.17) is 5.73 Å². The molecule has 0 radical (unpaired) electrons. The van der Waals surface area contributed by atoms with Gasteiger partial charge in [0.2, 0.25) is 0 Å². The van der Waals surface area contributed by atoms with E-state index in [-0.39, 0.29) is 37.1 Å². The fourth-order valence-electron chi connectivity index (χ4n) is 1.58. The number of rotatable bonds is 3. The minimum absolute atomic E-state index is 0. The van der Waals surface area contributed by atoms with Crippen LogP contribution in [0.15, 0.2) is 36.7 Å². The van der Waals surface area contributed by atoms with Gasteiger partial charge >= 0.3 is 0 Å². The second-order valence-electron chi connectivity index (χ2n) is 3.52. The first-order chi connectivity index (χ1) is 7.72. The second-order valence-corrected chi connectivity index (χ2v) is 3.52. The molecule has 98 valence electrons. The van der Waals surface area contributed by atoms with Crippen LogP contribution in [0.25, 0.3) is 5.69 Å². The Morgan fingerprint density at radius 1 is 1.28 bits per heavy atom. The summed E-state index contributed by atoms with van der Waals surface area (Å²) in [4.78, 5) is 15.5. The minimum Gasteiger partial charge on any atom is -0.324 e. The molecule has 0 fully saturated rings. The van der Waals surface area contributed by atoms with Gasteiger partial charge in [0.1, 0.15) is 5.82 Å². The fourth-order valence-corrected chi connectivity index (χ4v) is 1.58. The smallest absolute Gasteiger partial charge is 0.176 e. The van der Waals surface area contributed by atoms with Crippen LogP contribution in [0.2, 0.25) is 0 Å². The van der Waals surface area contributed by atoms with Crippen molar-refractivity contribution in [3.63, 3.8) is 0 Å². The molecule has 1 aromatic heterocycles. The van der Waals surface area contributed by atoms with Crippen molar-refractivity contribution in [2.45, 2.75) is 6.92 Å². The number of carbonyl (C=O) groups excluding carboxylic acids is 1. The lowest BCUT2D eigenvalue weighted by Gasteiger charge is -2.05. The zero-order valence-corrected chi connectivity index (χ0v) is 11.5. The summed E-state index contributed by atoms with van der Waals surface area (Å²) in [5, 5.41) is 0. The molecule has 2 rings (SSSR count). The maximum absolute atomic E-state index is 11.3. The predicted molar refractivity (Wildman–Crippen MR) is 76.2 cm³/mol. The molecule has 0 bridgehead atoms. The minimum atomic E-state index is -0.0473. The van der Waals surface area contributed by atoms with Gasteiger partial charge in [-0.25, -0.2) is 4.98 Å². The average molecular weight is 288 g/mol. The standard InChI is InChI=1S/C12H13N3O.2ClH/c1-9-14-6-7-15(9)11-4-2-10(3-5-11)12(16)8-13;;/h2-7H,8,13H2,1H3;2*1H. The van der Waals surface area contributed by atoms with E-state index >= 15 is 0 Å². The van der Waals surface area contributed by atoms with E-state index in [1.54, 1.807) is 18.3 Å². The number of nitrogens with zero attached hydrogens (tertiary/aromatic N) is 2. The van der Waals surface area contributed by atoms with E-state index in [0.29, 0.717) is 5.56 Å². The van der Waals surface area contributed by atoms with E-state index in [1.165, 1.54) is 0 Å². The van der Waals surface area contributed by atoms with Gasteiger partial charge in [-0.1, -0.05) is 0 Å². The highest BCUT2D eigenvalue weighted by Gasteiger charge is 2.04. The Hall–Kier alpha value is -1.36. The number of aromatic nitrogens is 2. The Morgan fingerprint density at radius 2 is 1.89 bits per heavy atom. The molecule has 18 heavy (non-hydrogen) atoms. The molecule has 0 aliphatic heterocycles. The number of ketones is 1. The number of aryl methyl sites for hydroxylation is 1. The van der Waals surface area contributed by atoms with E-state index in [2.05, 4.69) is 4.98 Å². The van der Waals surface area contributed by atoms with Crippen molar-refractivity contribution in [1.82, 2.24) is 9.55 Å². The molecule has 0 aliphatic carbocycles. The Kier molecular flexibility index (Phi) is 6.62. The van der Waals surface area contributed by atoms with Crippen molar-refractivity contribution in [2.75, 3.05) is 6.54 Å². The molecule has 1 heterocycles. The SMILES string of the molecule is Cc1nccn1-c1ccc(C(=O)CN)cc1.Cl.Cl. The Bertz CT molecular complexity index is 508. The van der Waals surface area contributed by atoms with Crippen molar-refractivity contribution in [2.24, 2.45) is 5.73 Å². The maximum Gasteiger partial charge on any atom is 0.176 e. The summed E-state index contributed by atoms with van der Waals surface area (Å²) in [5.41, 5.74) is 6.93. The summed E-state index contributed by atoms with van der Waals surface area (Å²) in [6, 6.07) is 7.34. The monoisotopic (exact) mass is 287 g/mol. The van der Waals surface area contributed by atoms with Crippen molar-refractivity contribution < 1.29 is 4.79 Å².